The van der Waals surface area contributed by atoms with Crippen LogP contribution in [0.2, 0.25) is 0 Å². The maximum atomic E-state index is 13.2. The molecule has 0 spiro atoms. The average Bonchev–Trinajstić information content (AvgIpc) is 3.25. The van der Waals surface area contributed by atoms with Gasteiger partial charge in [-0.3, -0.25) is 4.79 Å². The van der Waals surface area contributed by atoms with E-state index in [1.807, 2.05) is 61.5 Å². The number of H-pyrrole nitrogens is 1. The largest absolute Gasteiger partial charge is 0.342 e. The van der Waals surface area contributed by atoms with Gasteiger partial charge in [-0.05, 0) is 55.7 Å². The van der Waals surface area contributed by atoms with Crippen molar-refractivity contribution in [2.75, 3.05) is 11.9 Å². The molecule has 3 N–H and O–H groups in total. The number of nitrogens with zero attached hydrogens (tertiary/aromatic N) is 1. The van der Waals surface area contributed by atoms with Crippen LogP contribution >= 0.6 is 0 Å². The number of benzene rings is 3. The first-order valence-electron chi connectivity index (χ1n) is 10.9. The summed E-state index contributed by atoms with van der Waals surface area (Å²) in [6.07, 6.45) is 2.66. The normalized spacial score (nSPS) is 11.8. The number of hydrogen-bond donors (Lipinski definition) is 3. The van der Waals surface area contributed by atoms with E-state index in [2.05, 4.69) is 51.8 Å². The topological polar surface area (TPSA) is 69.8 Å². The smallest absolute Gasteiger partial charge is 0.246 e. The summed E-state index contributed by atoms with van der Waals surface area (Å²) in [6.45, 7) is 4.76. The third-order valence-electron chi connectivity index (χ3n) is 5.41. The summed E-state index contributed by atoms with van der Waals surface area (Å²) >= 11 is 0. The lowest BCUT2D eigenvalue weighted by Crippen LogP contribution is -2.34. The molecule has 0 unspecified atom stereocenters. The molecule has 1 amide bonds. The molecule has 4 rings (SSSR count). The van der Waals surface area contributed by atoms with Crippen molar-refractivity contribution in [1.29, 1.82) is 0 Å². The Morgan fingerprint density at radius 1 is 0.938 bits per heavy atom. The SMILES string of the molecule is Cc1ccc(CCN[C@H](C(=O)Nc2ccc(-c3ncc(C)[nH]3)cc2)c2ccccc2)cc1. The van der Waals surface area contributed by atoms with Crippen molar-refractivity contribution in [1.82, 2.24) is 15.3 Å². The van der Waals surface area contributed by atoms with E-state index in [9.17, 15) is 4.79 Å². The van der Waals surface area contributed by atoms with E-state index < -0.39 is 6.04 Å². The molecule has 0 radical (unpaired) electrons. The van der Waals surface area contributed by atoms with E-state index in [1.165, 1.54) is 11.1 Å². The number of aromatic amines is 1. The Morgan fingerprint density at radius 2 is 1.66 bits per heavy atom. The van der Waals surface area contributed by atoms with Crippen LogP contribution in [-0.4, -0.2) is 22.4 Å². The molecule has 1 atom stereocenters. The van der Waals surface area contributed by atoms with Crippen LogP contribution in [0.25, 0.3) is 11.4 Å². The van der Waals surface area contributed by atoms with Gasteiger partial charge in [-0.25, -0.2) is 4.98 Å². The van der Waals surface area contributed by atoms with E-state index in [0.717, 1.165) is 34.8 Å². The minimum Gasteiger partial charge on any atom is -0.342 e. The number of anilines is 1. The van der Waals surface area contributed by atoms with E-state index in [1.54, 1.807) is 6.20 Å². The number of imidazole rings is 1. The van der Waals surface area contributed by atoms with Gasteiger partial charge in [-0.1, -0.05) is 60.2 Å². The van der Waals surface area contributed by atoms with Crippen LogP contribution in [0.1, 0.15) is 28.4 Å². The second-order valence-electron chi connectivity index (χ2n) is 8.01. The predicted octanol–water partition coefficient (Wildman–Crippen LogP) is 5.21. The molecule has 1 heterocycles. The third kappa shape index (κ3) is 5.50. The van der Waals surface area contributed by atoms with E-state index in [0.29, 0.717) is 6.54 Å². The van der Waals surface area contributed by atoms with Gasteiger partial charge in [0.15, 0.2) is 0 Å². The van der Waals surface area contributed by atoms with Gasteiger partial charge in [0.05, 0.1) is 0 Å². The Balaban J connectivity index is 1.43. The molecule has 0 aliphatic carbocycles. The molecule has 0 aliphatic heterocycles. The van der Waals surface area contributed by atoms with Gasteiger partial charge in [0.1, 0.15) is 11.9 Å². The fourth-order valence-corrected chi connectivity index (χ4v) is 3.61. The van der Waals surface area contributed by atoms with Crippen molar-refractivity contribution in [2.24, 2.45) is 0 Å². The lowest BCUT2D eigenvalue weighted by molar-refractivity contribution is -0.118. The highest BCUT2D eigenvalue weighted by atomic mass is 16.2. The van der Waals surface area contributed by atoms with Gasteiger partial charge in [-0.2, -0.15) is 0 Å². The summed E-state index contributed by atoms with van der Waals surface area (Å²) in [6, 6.07) is 25.6. The number of hydrogen-bond acceptors (Lipinski definition) is 3. The van der Waals surface area contributed by atoms with Crippen molar-refractivity contribution in [3.05, 3.63) is 107 Å². The Bertz CT molecular complexity index is 1150. The molecule has 0 aliphatic rings. The van der Waals surface area contributed by atoms with Crippen LogP contribution in [0.5, 0.6) is 0 Å². The molecule has 4 aromatic rings. The summed E-state index contributed by atoms with van der Waals surface area (Å²) in [5.41, 5.74) is 6.18. The summed E-state index contributed by atoms with van der Waals surface area (Å²) in [4.78, 5) is 20.7. The predicted molar refractivity (Wildman–Crippen MR) is 129 cm³/mol. The van der Waals surface area contributed by atoms with E-state index in [-0.39, 0.29) is 5.91 Å². The van der Waals surface area contributed by atoms with Crippen LogP contribution in [-0.2, 0) is 11.2 Å². The average molecular weight is 425 g/mol. The fourth-order valence-electron chi connectivity index (χ4n) is 3.61. The second-order valence-corrected chi connectivity index (χ2v) is 8.01. The maximum absolute atomic E-state index is 13.2. The molecule has 5 heteroatoms. The zero-order chi connectivity index (χ0) is 22.3. The fraction of sp³-hybridized carbons (Fsp3) is 0.185. The van der Waals surface area contributed by atoms with Crippen LogP contribution in [0.3, 0.4) is 0 Å². The van der Waals surface area contributed by atoms with Crippen molar-refractivity contribution in [2.45, 2.75) is 26.3 Å². The molecule has 0 fully saturated rings. The van der Waals surface area contributed by atoms with Gasteiger partial charge < -0.3 is 15.6 Å². The van der Waals surface area contributed by atoms with Crippen LogP contribution in [0.4, 0.5) is 5.69 Å². The Hall–Kier alpha value is -3.70. The quantitative estimate of drug-likeness (QED) is 0.364. The monoisotopic (exact) mass is 424 g/mol. The zero-order valence-electron chi connectivity index (χ0n) is 18.4. The first-order chi connectivity index (χ1) is 15.6. The highest BCUT2D eigenvalue weighted by molar-refractivity contribution is 5.95. The van der Waals surface area contributed by atoms with Gasteiger partial charge in [0.2, 0.25) is 5.91 Å². The standard InChI is InChI=1S/C27H28N4O/c1-19-8-10-21(11-9-19)16-17-28-25(22-6-4-3-5-7-22)27(32)31-24-14-12-23(13-15-24)26-29-18-20(2)30-26/h3-15,18,25,28H,16-17H2,1-2H3,(H,29,30)(H,31,32)/t25-/m0/s1. The minimum atomic E-state index is -0.436. The van der Waals surface area contributed by atoms with Crippen molar-refractivity contribution < 1.29 is 4.79 Å². The zero-order valence-corrected chi connectivity index (χ0v) is 18.4. The Kier molecular flexibility index (Phi) is 6.78. The lowest BCUT2D eigenvalue weighted by Gasteiger charge is -2.19. The van der Waals surface area contributed by atoms with Gasteiger partial charge >= 0.3 is 0 Å². The summed E-state index contributed by atoms with van der Waals surface area (Å²) in [5, 5.41) is 6.48. The Labute approximate surface area is 188 Å². The van der Waals surface area contributed by atoms with Crippen molar-refractivity contribution in [3.63, 3.8) is 0 Å². The first kappa shape index (κ1) is 21.5. The second kappa shape index (κ2) is 10.1. The lowest BCUT2D eigenvalue weighted by atomic mass is 10.0. The maximum Gasteiger partial charge on any atom is 0.246 e. The first-order valence-corrected chi connectivity index (χ1v) is 10.9. The highest BCUT2D eigenvalue weighted by Gasteiger charge is 2.20. The molecule has 1 aromatic heterocycles. The molecule has 0 saturated carbocycles. The number of rotatable bonds is 8. The number of carbonyl (C=O) groups is 1. The number of amides is 1. The molecule has 162 valence electrons. The Morgan fingerprint density at radius 3 is 2.31 bits per heavy atom. The molecular weight excluding hydrogens is 396 g/mol. The van der Waals surface area contributed by atoms with Gasteiger partial charge in [-0.15, -0.1) is 0 Å². The van der Waals surface area contributed by atoms with Gasteiger partial charge in [0.25, 0.3) is 0 Å². The molecule has 0 bridgehead atoms. The summed E-state index contributed by atoms with van der Waals surface area (Å²) in [7, 11) is 0. The van der Waals surface area contributed by atoms with E-state index in [4.69, 9.17) is 0 Å². The van der Waals surface area contributed by atoms with Crippen LogP contribution in [0, 0.1) is 13.8 Å². The summed E-state index contributed by atoms with van der Waals surface area (Å²) in [5.74, 6) is 0.738. The van der Waals surface area contributed by atoms with Crippen LogP contribution in [0.15, 0.2) is 85.1 Å². The molecule has 32 heavy (non-hydrogen) atoms. The van der Waals surface area contributed by atoms with Crippen molar-refractivity contribution >= 4 is 11.6 Å². The number of carbonyl (C=O) groups excluding carboxylic acids is 1. The summed E-state index contributed by atoms with van der Waals surface area (Å²) < 4.78 is 0. The number of aryl methyl sites for hydroxylation is 2. The third-order valence-corrected chi connectivity index (χ3v) is 5.41. The molecule has 5 nitrogen and oxygen atoms in total. The minimum absolute atomic E-state index is 0.0818. The number of aromatic nitrogens is 2. The molecule has 0 saturated heterocycles. The molecular formula is C27H28N4O. The number of nitrogens with one attached hydrogen (secondary N) is 3. The molecule has 3 aromatic carbocycles. The van der Waals surface area contributed by atoms with Crippen LogP contribution < -0.4 is 10.6 Å². The van der Waals surface area contributed by atoms with Crippen molar-refractivity contribution in [3.8, 4) is 11.4 Å². The van der Waals surface area contributed by atoms with E-state index >= 15 is 0 Å². The van der Waals surface area contributed by atoms with Gasteiger partial charge in [0, 0.05) is 29.7 Å². The highest BCUT2D eigenvalue weighted by Crippen LogP contribution is 2.20.